The van der Waals surface area contributed by atoms with Crippen LogP contribution in [-0.2, 0) is 0 Å². The predicted octanol–water partition coefficient (Wildman–Crippen LogP) is 2.32. The Bertz CT molecular complexity index is 346. The van der Waals surface area contributed by atoms with E-state index in [-0.39, 0.29) is 11.5 Å². The quantitative estimate of drug-likeness (QED) is 0.666. The van der Waals surface area contributed by atoms with E-state index in [0.29, 0.717) is 12.2 Å². The van der Waals surface area contributed by atoms with Gasteiger partial charge >= 0.3 is 0 Å². The lowest BCUT2D eigenvalue weighted by molar-refractivity contribution is 0.0917. The zero-order valence-electron chi connectivity index (χ0n) is 7.70. The molecule has 0 saturated heterocycles. The van der Waals surface area contributed by atoms with Gasteiger partial charge in [-0.15, -0.1) is 0 Å². The number of rotatable bonds is 3. The molecule has 68 valence electrons. The van der Waals surface area contributed by atoms with Crippen molar-refractivity contribution in [3.05, 3.63) is 23.7 Å². The average molecular weight is 177 g/mol. The summed E-state index contributed by atoms with van der Waals surface area (Å²) in [5.74, 6) is 0.172. The summed E-state index contributed by atoms with van der Waals surface area (Å²) in [4.78, 5) is 11.5. The standard InChI is InChI=1S/C10H11NO2/c1-3-8(6-11)10(12)9-5-4-7(2)13-9/h4-5,8H,3H2,1-2H3. The van der Waals surface area contributed by atoms with Crippen molar-refractivity contribution in [2.45, 2.75) is 20.3 Å². The number of furan rings is 1. The Balaban J connectivity index is 2.85. The van der Waals surface area contributed by atoms with Gasteiger partial charge in [-0.1, -0.05) is 6.92 Å². The fraction of sp³-hybridized carbons (Fsp3) is 0.400. The molecule has 0 spiro atoms. The molecule has 0 amide bonds. The van der Waals surface area contributed by atoms with Crippen LogP contribution >= 0.6 is 0 Å². The Morgan fingerprint density at radius 3 is 2.77 bits per heavy atom. The molecule has 0 aromatic carbocycles. The van der Waals surface area contributed by atoms with Crippen molar-refractivity contribution in [3.8, 4) is 6.07 Å². The molecule has 1 rings (SSSR count). The third-order valence-corrected chi connectivity index (χ3v) is 1.86. The number of Topliss-reactive ketones (excluding diaryl/α,β-unsaturated/α-hetero) is 1. The van der Waals surface area contributed by atoms with Crippen LogP contribution in [0.5, 0.6) is 0 Å². The van der Waals surface area contributed by atoms with E-state index in [9.17, 15) is 4.79 Å². The van der Waals surface area contributed by atoms with Gasteiger partial charge in [-0.3, -0.25) is 4.79 Å². The fourth-order valence-corrected chi connectivity index (χ4v) is 1.07. The predicted molar refractivity (Wildman–Crippen MR) is 47.2 cm³/mol. The van der Waals surface area contributed by atoms with Crippen molar-refractivity contribution in [1.82, 2.24) is 0 Å². The minimum Gasteiger partial charge on any atom is -0.458 e. The van der Waals surface area contributed by atoms with Gasteiger partial charge in [0, 0.05) is 0 Å². The third kappa shape index (κ3) is 1.97. The van der Waals surface area contributed by atoms with Gasteiger partial charge in [0.25, 0.3) is 0 Å². The number of nitriles is 1. The number of hydrogen-bond donors (Lipinski definition) is 0. The van der Waals surface area contributed by atoms with Crippen LogP contribution in [0.25, 0.3) is 0 Å². The number of hydrogen-bond acceptors (Lipinski definition) is 3. The second kappa shape index (κ2) is 3.90. The van der Waals surface area contributed by atoms with Gasteiger partial charge in [-0.05, 0) is 25.5 Å². The fourth-order valence-electron chi connectivity index (χ4n) is 1.07. The highest BCUT2D eigenvalue weighted by molar-refractivity contribution is 5.96. The lowest BCUT2D eigenvalue weighted by Crippen LogP contribution is -2.10. The highest BCUT2D eigenvalue weighted by Gasteiger charge is 2.20. The Morgan fingerprint density at radius 1 is 1.69 bits per heavy atom. The monoisotopic (exact) mass is 177 g/mol. The Hall–Kier alpha value is -1.56. The first-order valence-corrected chi connectivity index (χ1v) is 4.19. The zero-order chi connectivity index (χ0) is 9.84. The first-order valence-electron chi connectivity index (χ1n) is 4.19. The SMILES string of the molecule is CCC(C#N)C(=O)c1ccc(C)o1. The lowest BCUT2D eigenvalue weighted by Gasteiger charge is -2.00. The van der Waals surface area contributed by atoms with Crippen molar-refractivity contribution in [2.75, 3.05) is 0 Å². The molecule has 1 aromatic rings. The summed E-state index contributed by atoms with van der Waals surface area (Å²) in [7, 11) is 0. The normalized spacial score (nSPS) is 12.1. The maximum atomic E-state index is 11.5. The van der Waals surface area contributed by atoms with Crippen molar-refractivity contribution in [1.29, 1.82) is 5.26 Å². The van der Waals surface area contributed by atoms with Crippen LogP contribution in [0.1, 0.15) is 29.7 Å². The Morgan fingerprint density at radius 2 is 2.38 bits per heavy atom. The highest BCUT2D eigenvalue weighted by Crippen LogP contribution is 2.14. The molecule has 1 atom stereocenters. The molecule has 13 heavy (non-hydrogen) atoms. The highest BCUT2D eigenvalue weighted by atomic mass is 16.3. The van der Waals surface area contributed by atoms with E-state index in [4.69, 9.17) is 9.68 Å². The van der Waals surface area contributed by atoms with Crippen LogP contribution in [0.4, 0.5) is 0 Å². The van der Waals surface area contributed by atoms with Crippen LogP contribution in [0.2, 0.25) is 0 Å². The molecular formula is C10H11NO2. The molecule has 3 nitrogen and oxygen atoms in total. The Kier molecular flexibility index (Phi) is 2.86. The van der Waals surface area contributed by atoms with E-state index in [0.717, 1.165) is 0 Å². The first kappa shape index (κ1) is 9.53. The van der Waals surface area contributed by atoms with Crippen LogP contribution in [0.15, 0.2) is 16.5 Å². The van der Waals surface area contributed by atoms with E-state index in [2.05, 4.69) is 0 Å². The molecule has 0 N–H and O–H groups in total. The number of carbonyl (C=O) groups excluding carboxylic acids is 1. The second-order valence-electron chi connectivity index (χ2n) is 2.86. The summed E-state index contributed by atoms with van der Waals surface area (Å²) in [5.41, 5.74) is 0. The zero-order valence-corrected chi connectivity index (χ0v) is 7.70. The van der Waals surface area contributed by atoms with Crippen LogP contribution < -0.4 is 0 Å². The number of nitrogens with zero attached hydrogens (tertiary/aromatic N) is 1. The summed E-state index contributed by atoms with van der Waals surface area (Å²) in [6, 6.07) is 5.28. The van der Waals surface area contributed by atoms with Crippen LogP contribution in [0, 0.1) is 24.2 Å². The van der Waals surface area contributed by atoms with Gasteiger partial charge in [0.1, 0.15) is 11.7 Å². The van der Waals surface area contributed by atoms with Gasteiger partial charge in [0.15, 0.2) is 5.76 Å². The van der Waals surface area contributed by atoms with Crippen molar-refractivity contribution in [3.63, 3.8) is 0 Å². The van der Waals surface area contributed by atoms with Crippen molar-refractivity contribution < 1.29 is 9.21 Å². The molecule has 0 aliphatic carbocycles. The van der Waals surface area contributed by atoms with Gasteiger partial charge in [0.2, 0.25) is 5.78 Å². The molecule has 0 aliphatic heterocycles. The average Bonchev–Trinajstić information content (AvgIpc) is 2.54. The first-order chi connectivity index (χ1) is 6.19. The van der Waals surface area contributed by atoms with Gasteiger partial charge in [0.05, 0.1) is 6.07 Å². The summed E-state index contributed by atoms with van der Waals surface area (Å²) >= 11 is 0. The Labute approximate surface area is 77.0 Å². The summed E-state index contributed by atoms with van der Waals surface area (Å²) in [6.45, 7) is 3.58. The summed E-state index contributed by atoms with van der Waals surface area (Å²) in [5, 5.41) is 8.65. The van der Waals surface area contributed by atoms with Crippen molar-refractivity contribution in [2.24, 2.45) is 5.92 Å². The van der Waals surface area contributed by atoms with Crippen LogP contribution in [-0.4, -0.2) is 5.78 Å². The number of aryl methyl sites for hydroxylation is 1. The molecule has 1 aromatic heterocycles. The van der Waals surface area contributed by atoms with E-state index >= 15 is 0 Å². The van der Waals surface area contributed by atoms with Crippen LogP contribution in [0.3, 0.4) is 0 Å². The third-order valence-electron chi connectivity index (χ3n) is 1.86. The lowest BCUT2D eigenvalue weighted by atomic mass is 10.0. The smallest absolute Gasteiger partial charge is 0.215 e. The summed E-state index contributed by atoms with van der Waals surface area (Å²) in [6.07, 6.45) is 0.523. The van der Waals surface area contributed by atoms with Gasteiger partial charge in [-0.25, -0.2) is 0 Å². The summed E-state index contributed by atoms with van der Waals surface area (Å²) < 4.78 is 5.13. The van der Waals surface area contributed by atoms with Crippen molar-refractivity contribution >= 4 is 5.78 Å². The number of carbonyl (C=O) groups is 1. The molecule has 1 unspecified atom stereocenters. The van der Waals surface area contributed by atoms with E-state index < -0.39 is 5.92 Å². The molecular weight excluding hydrogens is 166 g/mol. The second-order valence-corrected chi connectivity index (χ2v) is 2.86. The molecule has 0 radical (unpaired) electrons. The van der Waals surface area contributed by atoms with E-state index in [1.165, 1.54) is 0 Å². The maximum absolute atomic E-state index is 11.5. The van der Waals surface area contributed by atoms with E-state index in [1.54, 1.807) is 19.1 Å². The minimum atomic E-state index is -0.578. The van der Waals surface area contributed by atoms with E-state index in [1.807, 2.05) is 13.0 Å². The topological polar surface area (TPSA) is 54.0 Å². The molecule has 3 heteroatoms. The minimum absolute atomic E-state index is 0.224. The molecule has 0 aliphatic rings. The number of ketones is 1. The molecule has 0 fully saturated rings. The maximum Gasteiger partial charge on any atom is 0.215 e. The van der Waals surface area contributed by atoms with Gasteiger partial charge in [-0.2, -0.15) is 5.26 Å². The molecule has 0 saturated carbocycles. The largest absolute Gasteiger partial charge is 0.458 e. The molecule has 1 heterocycles. The molecule has 0 bridgehead atoms. The van der Waals surface area contributed by atoms with Gasteiger partial charge < -0.3 is 4.42 Å².